The summed E-state index contributed by atoms with van der Waals surface area (Å²) in [5, 5.41) is 5.77. The van der Waals surface area contributed by atoms with Crippen LogP contribution in [-0.4, -0.2) is 13.7 Å². The van der Waals surface area contributed by atoms with Gasteiger partial charge in [0, 0.05) is 66.1 Å². The fourth-order valence-corrected chi connectivity index (χ4v) is 10.1. The molecule has 0 saturated heterocycles. The summed E-state index contributed by atoms with van der Waals surface area (Å²) in [4.78, 5) is 0. The molecule has 10 aromatic carbocycles. The van der Waals surface area contributed by atoms with E-state index in [4.69, 9.17) is 0 Å². The van der Waals surface area contributed by atoms with E-state index in [9.17, 15) is 0 Å². The summed E-state index contributed by atoms with van der Waals surface area (Å²) in [5.74, 6) is 13.7. The van der Waals surface area contributed by atoms with Gasteiger partial charge in [-0.15, -0.1) is 0 Å². The van der Waals surface area contributed by atoms with Crippen LogP contribution in [0.3, 0.4) is 0 Å². The minimum atomic E-state index is -1.20. The molecule has 0 saturated carbocycles. The molecule has 0 atom stereocenters. The number of benzene rings is 10. The van der Waals surface area contributed by atoms with Crippen LogP contribution in [0.5, 0.6) is 0 Å². The Hall–Kier alpha value is -9.93. The lowest BCUT2D eigenvalue weighted by Gasteiger charge is -2.08. The number of hydrogen-bond donors (Lipinski definition) is 0. The van der Waals surface area contributed by atoms with Crippen molar-refractivity contribution in [3.8, 4) is 52.6 Å². The number of fused-ring (bicyclic) bond motifs is 9. The number of halogens is 3. The minimum Gasteiger partial charge on any atom is -0.309 e. The highest BCUT2D eigenvalue weighted by Crippen LogP contribution is 2.36. The number of para-hydroxylation sites is 6. The lowest BCUT2D eigenvalue weighted by Crippen LogP contribution is -2.04. The Morgan fingerprint density at radius 2 is 0.486 bits per heavy atom. The van der Waals surface area contributed by atoms with E-state index in [0.717, 1.165) is 82.5 Å². The molecule has 3 aromatic heterocycles. The van der Waals surface area contributed by atoms with Crippen LogP contribution in [0, 0.1) is 53.0 Å². The lowest BCUT2D eigenvalue weighted by atomic mass is 10.0. The van der Waals surface area contributed by atoms with E-state index in [1.807, 2.05) is 200 Å². The molecule has 0 fully saturated rings. The standard InChI is InChI=1S/C66H36F3N3/c67-64-52(34-28-43-31-37-61-55(40-43)49-22-10-13-25-58(49)70(61)46-16-4-1-5-17-46)65(68)54(36-30-45-33-39-63-57(42-45)51-24-12-15-27-60(51)72(63)48-20-8-3-9-21-48)66(69)53(64)35-29-44-32-38-62-56(41-44)50-23-11-14-26-59(50)71(62)47-18-6-2-7-19-47/h1-27,31-33,37-42H. The van der Waals surface area contributed by atoms with Crippen molar-refractivity contribution in [3.05, 3.63) is 269 Å². The molecule has 3 nitrogen and oxygen atoms in total. The van der Waals surface area contributed by atoms with Crippen LogP contribution >= 0.6 is 0 Å². The number of aromatic nitrogens is 3. The molecule has 0 N–H and O–H groups in total. The predicted octanol–water partition coefficient (Wildman–Crippen LogP) is 15.6. The molecule has 72 heavy (non-hydrogen) atoms. The Morgan fingerprint density at radius 1 is 0.236 bits per heavy atom. The molecule has 0 spiro atoms. The van der Waals surface area contributed by atoms with Gasteiger partial charge in [0.15, 0.2) is 17.5 Å². The first kappa shape index (κ1) is 42.2. The largest absolute Gasteiger partial charge is 0.309 e. The van der Waals surface area contributed by atoms with E-state index in [1.54, 1.807) is 0 Å². The zero-order valence-electron chi connectivity index (χ0n) is 38.3. The van der Waals surface area contributed by atoms with Crippen molar-refractivity contribution in [3.63, 3.8) is 0 Å². The fraction of sp³-hybridized carbons (Fsp3) is 0. The first-order valence-corrected chi connectivity index (χ1v) is 23.5. The Labute approximate surface area is 412 Å². The molecule has 0 aliphatic rings. The molecule has 0 unspecified atom stereocenters. The molecule has 13 rings (SSSR count). The topological polar surface area (TPSA) is 14.8 Å². The van der Waals surface area contributed by atoms with Gasteiger partial charge in [-0.1, -0.05) is 145 Å². The van der Waals surface area contributed by atoms with Crippen molar-refractivity contribution in [2.45, 2.75) is 0 Å². The Bertz CT molecular complexity index is 4060. The number of nitrogens with zero attached hydrogens (tertiary/aromatic N) is 3. The van der Waals surface area contributed by atoms with E-state index < -0.39 is 34.1 Å². The van der Waals surface area contributed by atoms with Gasteiger partial charge in [-0.25, -0.2) is 13.2 Å². The van der Waals surface area contributed by atoms with Gasteiger partial charge < -0.3 is 13.7 Å². The van der Waals surface area contributed by atoms with Crippen molar-refractivity contribution in [2.75, 3.05) is 0 Å². The maximum Gasteiger partial charge on any atom is 0.160 e. The van der Waals surface area contributed by atoms with Crippen LogP contribution in [0.4, 0.5) is 13.2 Å². The smallest absolute Gasteiger partial charge is 0.160 e. The molecule has 0 bridgehead atoms. The van der Waals surface area contributed by atoms with Gasteiger partial charge in [0.05, 0.1) is 49.8 Å². The summed E-state index contributed by atoms with van der Waals surface area (Å²) in [5.41, 5.74) is 8.56. The van der Waals surface area contributed by atoms with Crippen LogP contribution in [0.2, 0.25) is 0 Å². The molecular formula is C66H36F3N3. The van der Waals surface area contributed by atoms with Crippen LogP contribution in [0.25, 0.3) is 82.5 Å². The van der Waals surface area contributed by atoms with E-state index >= 15 is 13.2 Å². The molecule has 336 valence electrons. The third-order valence-electron chi connectivity index (χ3n) is 13.4. The highest BCUT2D eigenvalue weighted by molar-refractivity contribution is 6.11. The van der Waals surface area contributed by atoms with Crippen molar-refractivity contribution >= 4 is 65.4 Å². The van der Waals surface area contributed by atoms with Gasteiger partial charge in [0.2, 0.25) is 0 Å². The summed E-state index contributed by atoms with van der Waals surface area (Å²) in [6.07, 6.45) is 0. The molecule has 6 heteroatoms. The Kier molecular flexibility index (Phi) is 10.1. The van der Waals surface area contributed by atoms with Crippen molar-refractivity contribution in [2.24, 2.45) is 0 Å². The van der Waals surface area contributed by atoms with Gasteiger partial charge in [0.25, 0.3) is 0 Å². The molecule has 0 radical (unpaired) electrons. The SMILES string of the molecule is Fc1c(C#Cc2ccc3c(c2)c2ccccc2n3-c2ccccc2)c(F)c(C#Cc2ccc3c(c2)c2ccccc2n3-c2ccccc2)c(F)c1C#Cc1ccc2c(c1)c1ccccc1n2-c1ccccc1. The zero-order valence-corrected chi connectivity index (χ0v) is 38.3. The van der Waals surface area contributed by atoms with E-state index in [1.165, 1.54) is 0 Å². The monoisotopic (exact) mass is 927 g/mol. The number of hydrogen-bond acceptors (Lipinski definition) is 0. The van der Waals surface area contributed by atoms with Gasteiger partial charge in [0.1, 0.15) is 0 Å². The van der Waals surface area contributed by atoms with E-state index in [0.29, 0.717) is 16.7 Å². The maximum absolute atomic E-state index is 17.0. The molecule has 3 heterocycles. The van der Waals surface area contributed by atoms with Crippen molar-refractivity contribution in [1.29, 1.82) is 0 Å². The second-order valence-electron chi connectivity index (χ2n) is 17.6. The molecule has 0 aliphatic carbocycles. The van der Waals surface area contributed by atoms with Crippen molar-refractivity contribution in [1.82, 2.24) is 13.7 Å². The molecular weight excluding hydrogens is 892 g/mol. The second kappa shape index (κ2) is 17.2. The number of rotatable bonds is 3. The molecule has 13 aromatic rings. The first-order valence-electron chi connectivity index (χ1n) is 23.5. The molecule has 0 aliphatic heterocycles. The average Bonchev–Trinajstić information content (AvgIpc) is 4.06. The van der Waals surface area contributed by atoms with Crippen LogP contribution in [-0.2, 0) is 0 Å². The third-order valence-corrected chi connectivity index (χ3v) is 13.4. The normalized spacial score (nSPS) is 11.2. The highest BCUT2D eigenvalue weighted by atomic mass is 19.1. The van der Waals surface area contributed by atoms with Gasteiger partial charge in [-0.05, 0) is 109 Å². The Morgan fingerprint density at radius 3 is 0.778 bits per heavy atom. The summed E-state index contributed by atoms with van der Waals surface area (Å²) in [7, 11) is 0. The summed E-state index contributed by atoms with van der Waals surface area (Å²) < 4.78 is 57.4. The van der Waals surface area contributed by atoms with Gasteiger partial charge >= 0.3 is 0 Å². The lowest BCUT2D eigenvalue weighted by molar-refractivity contribution is 0.531. The summed E-state index contributed by atoms with van der Waals surface area (Å²) in [6.45, 7) is 0. The second-order valence-corrected chi connectivity index (χ2v) is 17.6. The highest BCUT2D eigenvalue weighted by Gasteiger charge is 2.23. The van der Waals surface area contributed by atoms with E-state index in [-0.39, 0.29) is 0 Å². The maximum atomic E-state index is 17.0. The molecule has 0 amide bonds. The van der Waals surface area contributed by atoms with Gasteiger partial charge in [-0.3, -0.25) is 0 Å². The average molecular weight is 928 g/mol. The zero-order chi connectivity index (χ0) is 48.3. The van der Waals surface area contributed by atoms with E-state index in [2.05, 4.69) is 67.4 Å². The van der Waals surface area contributed by atoms with Crippen LogP contribution < -0.4 is 0 Å². The minimum absolute atomic E-state index is 0.521. The predicted molar refractivity (Wildman–Crippen MR) is 287 cm³/mol. The van der Waals surface area contributed by atoms with Crippen LogP contribution in [0.15, 0.2) is 218 Å². The fourth-order valence-electron chi connectivity index (χ4n) is 10.1. The summed E-state index contributed by atoms with van der Waals surface area (Å²) in [6, 6.07) is 71.5. The van der Waals surface area contributed by atoms with Crippen LogP contribution in [0.1, 0.15) is 33.4 Å². The third kappa shape index (κ3) is 7.00. The van der Waals surface area contributed by atoms with Gasteiger partial charge in [-0.2, -0.15) is 0 Å². The van der Waals surface area contributed by atoms with Crippen molar-refractivity contribution < 1.29 is 13.2 Å². The Balaban J connectivity index is 0.960. The first-order chi connectivity index (χ1) is 35.5. The summed E-state index contributed by atoms with van der Waals surface area (Å²) >= 11 is 0. The quantitative estimate of drug-likeness (QED) is 0.157.